The lowest BCUT2D eigenvalue weighted by Crippen LogP contribution is -2.45. The second-order valence-electron chi connectivity index (χ2n) is 24.9. The molecule has 78 heavy (non-hydrogen) atoms. The number of hydrogen-bond donors (Lipinski definition) is 3. The first-order chi connectivity index (χ1) is 38.5. The van der Waals surface area contributed by atoms with Gasteiger partial charge in [0, 0.05) is 12.8 Å². The molecule has 2 unspecified atom stereocenters. The molecule has 0 heterocycles. The van der Waals surface area contributed by atoms with Crippen molar-refractivity contribution in [3.63, 3.8) is 0 Å². The molecule has 0 fully saturated rings. The second-order valence-corrected chi connectivity index (χ2v) is 24.9. The van der Waals surface area contributed by atoms with E-state index in [-0.39, 0.29) is 18.5 Å². The number of carbonyl (C=O) groups excluding carboxylic acids is 2. The van der Waals surface area contributed by atoms with Gasteiger partial charge in [0.05, 0.1) is 25.4 Å². The minimum atomic E-state index is -0.838. The van der Waals surface area contributed by atoms with Crippen LogP contribution in [0.15, 0.2) is 12.2 Å². The largest absolute Gasteiger partial charge is 0.466 e. The summed E-state index contributed by atoms with van der Waals surface area (Å²) in [4.78, 5) is 24.5. The number of carbonyl (C=O) groups is 2. The fraction of sp³-hybridized carbons (Fsp3) is 0.944. The van der Waals surface area contributed by atoms with Gasteiger partial charge in [-0.2, -0.15) is 0 Å². The molecule has 0 aromatic rings. The van der Waals surface area contributed by atoms with Gasteiger partial charge in [-0.3, -0.25) is 9.59 Å². The van der Waals surface area contributed by atoms with Gasteiger partial charge >= 0.3 is 5.97 Å². The molecule has 6 nitrogen and oxygen atoms in total. The number of unbranched alkanes of at least 4 members (excludes halogenated alkanes) is 57. The van der Waals surface area contributed by atoms with E-state index >= 15 is 0 Å². The molecule has 0 bridgehead atoms. The predicted molar refractivity (Wildman–Crippen MR) is 343 cm³/mol. The van der Waals surface area contributed by atoms with E-state index < -0.39 is 12.1 Å². The molecule has 0 aliphatic carbocycles. The van der Waals surface area contributed by atoms with Crippen LogP contribution in [0.2, 0.25) is 0 Å². The van der Waals surface area contributed by atoms with Crippen LogP contribution in [0.3, 0.4) is 0 Å². The number of amides is 1. The summed E-state index contributed by atoms with van der Waals surface area (Å²) in [5.41, 5.74) is 0. The highest BCUT2D eigenvalue weighted by Crippen LogP contribution is 2.19. The topological polar surface area (TPSA) is 95.9 Å². The van der Waals surface area contributed by atoms with Crippen molar-refractivity contribution in [2.75, 3.05) is 13.2 Å². The van der Waals surface area contributed by atoms with Gasteiger partial charge in [0.2, 0.25) is 5.91 Å². The second kappa shape index (κ2) is 68.1. The standard InChI is InChI=1S/C72H141NO5/c1-3-5-7-9-11-13-15-41-46-50-54-58-62-66-72(77)78-67-63-59-55-51-47-43-40-38-36-34-32-30-28-26-24-22-20-18-16-17-19-21-23-25-27-29-31-33-35-37-39-42-45-49-53-57-61-65-71(76)73-69(68-74)70(75)64-60-56-52-48-44-14-12-10-8-6-4-2/h60,64,69-70,74-75H,3-59,61-63,65-68H2,1-2H3,(H,73,76)/b64-60+. The predicted octanol–water partition coefficient (Wildman–Crippen LogP) is 23.1. The molecule has 0 spiro atoms. The van der Waals surface area contributed by atoms with E-state index in [1.54, 1.807) is 6.08 Å². The van der Waals surface area contributed by atoms with Crippen molar-refractivity contribution in [2.24, 2.45) is 0 Å². The van der Waals surface area contributed by atoms with Crippen LogP contribution in [0, 0.1) is 0 Å². The number of nitrogens with one attached hydrogen (secondary N) is 1. The fourth-order valence-corrected chi connectivity index (χ4v) is 11.6. The molecule has 0 saturated heterocycles. The molecule has 6 heteroatoms. The number of rotatable bonds is 68. The van der Waals surface area contributed by atoms with Gasteiger partial charge in [-0.1, -0.05) is 379 Å². The molecule has 0 aliphatic heterocycles. The minimum Gasteiger partial charge on any atom is -0.466 e. The van der Waals surface area contributed by atoms with Crippen molar-refractivity contribution >= 4 is 11.9 Å². The van der Waals surface area contributed by atoms with E-state index in [9.17, 15) is 19.8 Å². The Balaban J connectivity index is 3.28. The molecule has 0 saturated carbocycles. The third kappa shape index (κ3) is 63.8. The van der Waals surface area contributed by atoms with Crippen LogP contribution in [0.1, 0.15) is 412 Å². The Morgan fingerprint density at radius 1 is 0.346 bits per heavy atom. The number of allylic oxidation sites excluding steroid dienone is 1. The summed E-state index contributed by atoms with van der Waals surface area (Å²) in [7, 11) is 0. The maximum absolute atomic E-state index is 12.4. The summed E-state index contributed by atoms with van der Waals surface area (Å²) in [6.07, 6.45) is 84.7. The van der Waals surface area contributed by atoms with Crippen LogP contribution < -0.4 is 5.32 Å². The number of aliphatic hydroxyl groups excluding tert-OH is 2. The first-order valence-corrected chi connectivity index (χ1v) is 36.0. The van der Waals surface area contributed by atoms with Crippen LogP contribution in [0.25, 0.3) is 0 Å². The Hall–Kier alpha value is -1.40. The number of ether oxygens (including phenoxy) is 1. The van der Waals surface area contributed by atoms with E-state index in [1.165, 1.54) is 347 Å². The Bertz CT molecular complexity index is 1180. The van der Waals surface area contributed by atoms with Crippen LogP contribution in [-0.2, 0) is 14.3 Å². The smallest absolute Gasteiger partial charge is 0.305 e. The summed E-state index contributed by atoms with van der Waals surface area (Å²) in [5, 5.41) is 23.1. The maximum atomic E-state index is 12.4. The molecule has 0 aromatic heterocycles. The highest BCUT2D eigenvalue weighted by Gasteiger charge is 2.18. The summed E-state index contributed by atoms with van der Waals surface area (Å²) >= 11 is 0. The van der Waals surface area contributed by atoms with Crippen molar-refractivity contribution in [2.45, 2.75) is 424 Å². The van der Waals surface area contributed by atoms with Gasteiger partial charge in [0.25, 0.3) is 0 Å². The zero-order chi connectivity index (χ0) is 56.4. The first-order valence-electron chi connectivity index (χ1n) is 36.0. The number of hydrogen-bond acceptors (Lipinski definition) is 5. The Kier molecular flexibility index (Phi) is 66.9. The van der Waals surface area contributed by atoms with Crippen molar-refractivity contribution in [1.82, 2.24) is 5.32 Å². The van der Waals surface area contributed by atoms with Gasteiger partial charge in [-0.15, -0.1) is 0 Å². The summed E-state index contributed by atoms with van der Waals surface area (Å²) in [6, 6.07) is -0.621. The van der Waals surface area contributed by atoms with Gasteiger partial charge in [-0.05, 0) is 32.1 Å². The van der Waals surface area contributed by atoms with Crippen molar-refractivity contribution in [3.05, 3.63) is 12.2 Å². The molecular formula is C72H141NO5. The molecule has 0 aromatic carbocycles. The van der Waals surface area contributed by atoms with E-state index in [4.69, 9.17) is 4.74 Å². The van der Waals surface area contributed by atoms with Gasteiger partial charge in [-0.25, -0.2) is 0 Å². The average Bonchev–Trinajstić information content (AvgIpc) is 3.44. The fourth-order valence-electron chi connectivity index (χ4n) is 11.6. The van der Waals surface area contributed by atoms with Crippen LogP contribution in [0.4, 0.5) is 0 Å². The first kappa shape index (κ1) is 76.6. The average molecular weight is 1100 g/mol. The quantitative estimate of drug-likeness (QED) is 0.0320. The lowest BCUT2D eigenvalue weighted by atomic mass is 10.0. The monoisotopic (exact) mass is 1100 g/mol. The summed E-state index contributed by atoms with van der Waals surface area (Å²) in [6.45, 7) is 4.93. The van der Waals surface area contributed by atoms with Crippen LogP contribution in [0.5, 0.6) is 0 Å². The van der Waals surface area contributed by atoms with Crippen LogP contribution >= 0.6 is 0 Å². The Morgan fingerprint density at radius 2 is 0.590 bits per heavy atom. The molecule has 464 valence electrons. The third-order valence-electron chi connectivity index (χ3n) is 17.1. The molecule has 0 aliphatic rings. The molecule has 0 rings (SSSR count). The molecule has 3 N–H and O–H groups in total. The number of esters is 1. The maximum Gasteiger partial charge on any atom is 0.305 e. The zero-order valence-electron chi connectivity index (χ0n) is 53.2. The number of aliphatic hydroxyl groups is 2. The van der Waals surface area contributed by atoms with E-state index in [0.29, 0.717) is 19.4 Å². The van der Waals surface area contributed by atoms with Crippen LogP contribution in [-0.4, -0.2) is 47.4 Å². The lowest BCUT2D eigenvalue weighted by Gasteiger charge is -2.20. The van der Waals surface area contributed by atoms with E-state index in [2.05, 4.69) is 19.2 Å². The minimum absolute atomic E-state index is 0.0254. The third-order valence-corrected chi connectivity index (χ3v) is 17.1. The van der Waals surface area contributed by atoms with Crippen molar-refractivity contribution in [3.8, 4) is 0 Å². The van der Waals surface area contributed by atoms with Crippen molar-refractivity contribution in [1.29, 1.82) is 0 Å². The SMILES string of the molecule is CCCCCCCCCCC/C=C/C(O)C(CO)NC(=O)CCCCCCCCCCCCCCCCCCCCCCCCCCCCCCCCCCCCCCCOC(=O)CCCCCCCCCCCCCCC. The van der Waals surface area contributed by atoms with Crippen molar-refractivity contribution < 1.29 is 24.5 Å². The van der Waals surface area contributed by atoms with Gasteiger partial charge in [0.15, 0.2) is 0 Å². The molecule has 1 amide bonds. The molecular weight excluding hydrogens is 959 g/mol. The van der Waals surface area contributed by atoms with Gasteiger partial charge < -0.3 is 20.3 Å². The Labute approximate surface area is 489 Å². The zero-order valence-corrected chi connectivity index (χ0v) is 53.2. The molecule has 2 atom stereocenters. The summed E-state index contributed by atoms with van der Waals surface area (Å²) in [5.74, 6) is -0.0359. The highest BCUT2D eigenvalue weighted by molar-refractivity contribution is 5.76. The summed E-state index contributed by atoms with van der Waals surface area (Å²) < 4.78 is 5.49. The van der Waals surface area contributed by atoms with Gasteiger partial charge in [0.1, 0.15) is 0 Å². The lowest BCUT2D eigenvalue weighted by molar-refractivity contribution is -0.143. The highest BCUT2D eigenvalue weighted by atomic mass is 16.5. The Morgan fingerprint density at radius 3 is 0.872 bits per heavy atom. The molecule has 0 radical (unpaired) electrons. The van der Waals surface area contributed by atoms with E-state index in [0.717, 1.165) is 38.5 Å². The normalized spacial score (nSPS) is 12.5. The van der Waals surface area contributed by atoms with E-state index in [1.807, 2.05) is 6.08 Å².